The predicted octanol–water partition coefficient (Wildman–Crippen LogP) is 4.09. The molecule has 0 unspecified atom stereocenters. The first-order chi connectivity index (χ1) is 8.07. The first kappa shape index (κ1) is 14.2. The van der Waals surface area contributed by atoms with E-state index in [0.717, 1.165) is 18.8 Å². The Bertz CT molecular complexity index is 317. The van der Waals surface area contributed by atoms with Gasteiger partial charge in [-0.15, -0.1) is 0 Å². The Morgan fingerprint density at radius 3 is 1.94 bits per heavy atom. The Hall–Kier alpha value is -0.860. The summed E-state index contributed by atoms with van der Waals surface area (Å²) in [6, 6.07) is 8.31. The van der Waals surface area contributed by atoms with Gasteiger partial charge in [-0.25, -0.2) is 0 Å². The van der Waals surface area contributed by atoms with Crippen LogP contribution >= 0.6 is 0 Å². The van der Waals surface area contributed by atoms with Crippen molar-refractivity contribution < 1.29 is 9.47 Å². The lowest BCUT2D eigenvalue weighted by Crippen LogP contribution is -2.33. The molecule has 0 aromatic heterocycles. The van der Waals surface area contributed by atoms with Crippen LogP contribution in [0.4, 0.5) is 0 Å². The fraction of sp³-hybridized carbons (Fsp3) is 0.600. The third-order valence-corrected chi connectivity index (χ3v) is 2.60. The highest BCUT2D eigenvalue weighted by Crippen LogP contribution is 2.30. The average Bonchev–Trinajstić information content (AvgIpc) is 2.33. The van der Waals surface area contributed by atoms with Crippen molar-refractivity contribution in [2.24, 2.45) is 5.41 Å². The van der Waals surface area contributed by atoms with Gasteiger partial charge in [0.2, 0.25) is 0 Å². The molecule has 0 radical (unpaired) electrons. The molecule has 17 heavy (non-hydrogen) atoms. The minimum atomic E-state index is -0.182. The molecule has 0 saturated carbocycles. The molecule has 1 saturated heterocycles. The van der Waals surface area contributed by atoms with Crippen LogP contribution in [0.1, 0.15) is 45.1 Å². The van der Waals surface area contributed by atoms with Gasteiger partial charge < -0.3 is 9.47 Å². The maximum atomic E-state index is 5.70. The molecule has 0 aliphatic carbocycles. The van der Waals surface area contributed by atoms with Crippen LogP contribution in [0.2, 0.25) is 0 Å². The molecule has 1 fully saturated rings. The highest BCUT2D eigenvalue weighted by molar-refractivity contribution is 5.22. The molecule has 1 aromatic rings. The van der Waals surface area contributed by atoms with Gasteiger partial charge in [0.05, 0.1) is 13.2 Å². The highest BCUT2D eigenvalue weighted by Gasteiger charge is 2.28. The number of hydrogen-bond donors (Lipinski definition) is 0. The van der Waals surface area contributed by atoms with Gasteiger partial charge in [-0.1, -0.05) is 57.5 Å². The van der Waals surface area contributed by atoms with Gasteiger partial charge in [-0.05, 0) is 6.92 Å². The van der Waals surface area contributed by atoms with Crippen LogP contribution in [-0.4, -0.2) is 13.2 Å². The van der Waals surface area contributed by atoms with Crippen LogP contribution < -0.4 is 0 Å². The molecule has 0 N–H and O–H groups in total. The van der Waals surface area contributed by atoms with Crippen LogP contribution in [0.25, 0.3) is 0 Å². The number of aryl methyl sites for hydroxylation is 1. The number of benzene rings is 1. The van der Waals surface area contributed by atoms with Gasteiger partial charge >= 0.3 is 0 Å². The molecule has 0 atom stereocenters. The third-order valence-electron chi connectivity index (χ3n) is 2.60. The van der Waals surface area contributed by atoms with Crippen molar-refractivity contribution in [1.82, 2.24) is 0 Å². The van der Waals surface area contributed by atoms with E-state index in [0.29, 0.717) is 0 Å². The highest BCUT2D eigenvalue weighted by atomic mass is 16.7. The van der Waals surface area contributed by atoms with E-state index < -0.39 is 0 Å². The summed E-state index contributed by atoms with van der Waals surface area (Å²) in [6.45, 7) is 11.9. The van der Waals surface area contributed by atoms with E-state index in [1.165, 1.54) is 5.56 Å². The molecule has 1 aliphatic heterocycles. The Balaban J connectivity index is 0.000000686. The summed E-state index contributed by atoms with van der Waals surface area (Å²) < 4.78 is 11.4. The first-order valence-electron chi connectivity index (χ1n) is 6.37. The average molecular weight is 236 g/mol. The summed E-state index contributed by atoms with van der Waals surface area (Å²) in [5, 5.41) is 0. The second-order valence-electron chi connectivity index (χ2n) is 5.03. The second-order valence-corrected chi connectivity index (χ2v) is 5.03. The van der Waals surface area contributed by atoms with Crippen molar-refractivity contribution in [3.05, 3.63) is 35.4 Å². The smallest absolute Gasteiger partial charge is 0.183 e. The van der Waals surface area contributed by atoms with Gasteiger partial charge in [0.1, 0.15) is 0 Å². The lowest BCUT2D eigenvalue weighted by atomic mass is 9.95. The molecule has 0 spiro atoms. The lowest BCUT2D eigenvalue weighted by Gasteiger charge is -2.34. The normalized spacial score (nSPS) is 19.4. The monoisotopic (exact) mass is 236 g/mol. The maximum Gasteiger partial charge on any atom is 0.183 e. The zero-order valence-corrected chi connectivity index (χ0v) is 11.6. The number of hydrogen-bond acceptors (Lipinski definition) is 2. The van der Waals surface area contributed by atoms with E-state index in [4.69, 9.17) is 9.47 Å². The lowest BCUT2D eigenvalue weighted by molar-refractivity contribution is -0.226. The molecule has 1 aromatic carbocycles. The van der Waals surface area contributed by atoms with Crippen molar-refractivity contribution in [3.63, 3.8) is 0 Å². The summed E-state index contributed by atoms with van der Waals surface area (Å²) in [4.78, 5) is 0. The van der Waals surface area contributed by atoms with E-state index >= 15 is 0 Å². The summed E-state index contributed by atoms with van der Waals surface area (Å²) in [6.07, 6.45) is -0.182. The summed E-state index contributed by atoms with van der Waals surface area (Å²) in [7, 11) is 0. The van der Waals surface area contributed by atoms with Crippen molar-refractivity contribution in [2.45, 2.75) is 40.9 Å². The topological polar surface area (TPSA) is 18.5 Å². The van der Waals surface area contributed by atoms with Crippen molar-refractivity contribution in [3.8, 4) is 0 Å². The molecule has 1 aliphatic rings. The molecular formula is C15H24O2. The maximum absolute atomic E-state index is 5.70. The van der Waals surface area contributed by atoms with Gasteiger partial charge in [-0.2, -0.15) is 0 Å². The molecular weight excluding hydrogens is 212 g/mol. The zero-order valence-electron chi connectivity index (χ0n) is 11.6. The van der Waals surface area contributed by atoms with Crippen molar-refractivity contribution >= 4 is 0 Å². The summed E-state index contributed by atoms with van der Waals surface area (Å²) in [5.74, 6) is 0. The molecule has 2 rings (SSSR count). The zero-order chi connectivity index (χ0) is 12.9. The van der Waals surface area contributed by atoms with Gasteiger partial charge in [-0.3, -0.25) is 0 Å². The van der Waals surface area contributed by atoms with E-state index in [1.54, 1.807) is 0 Å². The molecule has 96 valence electrons. The minimum absolute atomic E-state index is 0.140. The summed E-state index contributed by atoms with van der Waals surface area (Å²) in [5.41, 5.74) is 2.51. The summed E-state index contributed by atoms with van der Waals surface area (Å²) >= 11 is 0. The Morgan fingerprint density at radius 2 is 1.47 bits per heavy atom. The largest absolute Gasteiger partial charge is 0.348 e. The van der Waals surface area contributed by atoms with Crippen LogP contribution in [0.3, 0.4) is 0 Å². The fourth-order valence-electron chi connectivity index (χ4n) is 1.61. The SMILES string of the molecule is CC.Cc1ccc(C2OCC(C)(C)CO2)cc1. The fourth-order valence-corrected chi connectivity index (χ4v) is 1.61. The van der Waals surface area contributed by atoms with Crippen LogP contribution in [0.15, 0.2) is 24.3 Å². The molecule has 2 nitrogen and oxygen atoms in total. The molecule has 1 heterocycles. The van der Waals surface area contributed by atoms with Crippen molar-refractivity contribution in [2.75, 3.05) is 13.2 Å². The Kier molecular flexibility index (Phi) is 5.16. The number of rotatable bonds is 1. The van der Waals surface area contributed by atoms with Gasteiger partial charge in [0, 0.05) is 11.0 Å². The molecule has 0 amide bonds. The van der Waals surface area contributed by atoms with Crippen LogP contribution in [0, 0.1) is 12.3 Å². The Labute approximate surface area is 105 Å². The van der Waals surface area contributed by atoms with Crippen LogP contribution in [0.5, 0.6) is 0 Å². The van der Waals surface area contributed by atoms with E-state index in [1.807, 2.05) is 13.8 Å². The minimum Gasteiger partial charge on any atom is -0.348 e. The Morgan fingerprint density at radius 1 is 1.00 bits per heavy atom. The quantitative estimate of drug-likeness (QED) is 0.731. The van der Waals surface area contributed by atoms with Gasteiger partial charge in [0.25, 0.3) is 0 Å². The van der Waals surface area contributed by atoms with E-state index in [9.17, 15) is 0 Å². The standard InChI is InChI=1S/C13H18O2.C2H6/c1-10-4-6-11(7-5-10)12-14-8-13(2,3)9-15-12;1-2/h4-7,12H,8-9H2,1-3H3;1-2H3. The van der Waals surface area contributed by atoms with Crippen LogP contribution in [-0.2, 0) is 9.47 Å². The number of ether oxygens (including phenoxy) is 2. The van der Waals surface area contributed by atoms with E-state index in [2.05, 4.69) is 45.0 Å². The predicted molar refractivity (Wildman–Crippen MR) is 71.0 cm³/mol. The van der Waals surface area contributed by atoms with Crippen molar-refractivity contribution in [1.29, 1.82) is 0 Å². The molecule has 0 bridgehead atoms. The first-order valence-corrected chi connectivity index (χ1v) is 6.37. The molecule has 2 heteroatoms. The third kappa shape index (κ3) is 4.14. The van der Waals surface area contributed by atoms with Gasteiger partial charge in [0.15, 0.2) is 6.29 Å². The second kappa shape index (κ2) is 6.18. The van der Waals surface area contributed by atoms with E-state index in [-0.39, 0.29) is 11.7 Å².